The molecule has 3 aliphatic rings. The van der Waals surface area contributed by atoms with Crippen molar-refractivity contribution in [2.45, 2.75) is 51.0 Å². The summed E-state index contributed by atoms with van der Waals surface area (Å²) in [7, 11) is 1.92. The molecule has 2 amide bonds. The summed E-state index contributed by atoms with van der Waals surface area (Å²) in [5.41, 5.74) is 3.61. The number of fused-ring (bicyclic) bond motifs is 1. The van der Waals surface area contributed by atoms with E-state index in [-0.39, 0.29) is 12.1 Å². The zero-order valence-corrected chi connectivity index (χ0v) is 21.6. The highest BCUT2D eigenvalue weighted by molar-refractivity contribution is 6.31. The molecule has 2 aromatic rings. The van der Waals surface area contributed by atoms with Crippen molar-refractivity contribution >= 4 is 40.5 Å². The smallest absolute Gasteiger partial charge is 0.351 e. The van der Waals surface area contributed by atoms with Crippen molar-refractivity contribution in [2.75, 3.05) is 43.6 Å². The second-order valence-corrected chi connectivity index (χ2v) is 10.2. The molecule has 192 valence electrons. The van der Waals surface area contributed by atoms with Crippen molar-refractivity contribution in [1.82, 2.24) is 15.3 Å². The van der Waals surface area contributed by atoms with Crippen molar-refractivity contribution in [3.8, 4) is 0 Å². The molecule has 1 aliphatic carbocycles. The number of hydrogen-bond donors (Lipinski definition) is 2. The first-order valence-electron chi connectivity index (χ1n) is 13.1. The molecule has 8 nitrogen and oxygen atoms in total. The third-order valence-corrected chi connectivity index (χ3v) is 7.52. The standard InChI is InChI=1S/C27H35ClN6O2/c1-29-13-14-30-21-8-10-25(31-18-21)33-24-17-20(28)7-9-23(24)26(19-5-3-2-4-6-19)32-34(27(33)35)22-11-15-36-16-12-22/h7-10,17-19,22,29-30H,2-6,11-16H2,1H3. The normalized spacial score (nSPS) is 19.6. The van der Waals surface area contributed by atoms with E-state index in [1.54, 1.807) is 16.1 Å². The molecule has 3 heterocycles. The van der Waals surface area contributed by atoms with E-state index < -0.39 is 0 Å². The van der Waals surface area contributed by atoms with Crippen LogP contribution < -0.4 is 15.5 Å². The van der Waals surface area contributed by atoms with Crippen LogP contribution in [0.5, 0.6) is 0 Å². The van der Waals surface area contributed by atoms with Gasteiger partial charge in [-0.2, -0.15) is 5.10 Å². The van der Waals surface area contributed by atoms with Crippen LogP contribution in [0.3, 0.4) is 0 Å². The molecule has 1 saturated carbocycles. The Labute approximate surface area is 218 Å². The zero-order valence-electron chi connectivity index (χ0n) is 20.9. The lowest BCUT2D eigenvalue weighted by atomic mass is 9.83. The molecule has 2 N–H and O–H groups in total. The second kappa shape index (κ2) is 11.6. The van der Waals surface area contributed by atoms with Crippen LogP contribution in [-0.4, -0.2) is 61.1 Å². The summed E-state index contributed by atoms with van der Waals surface area (Å²) in [4.78, 5) is 20.6. The van der Waals surface area contributed by atoms with Crippen LogP contribution >= 0.6 is 11.6 Å². The van der Waals surface area contributed by atoms with Crippen LogP contribution in [0.15, 0.2) is 41.6 Å². The number of urea groups is 1. The summed E-state index contributed by atoms with van der Waals surface area (Å²) in [5.74, 6) is 0.875. The Bertz CT molecular complexity index is 1080. The third-order valence-electron chi connectivity index (χ3n) is 7.29. The lowest BCUT2D eigenvalue weighted by Crippen LogP contribution is -2.45. The summed E-state index contributed by atoms with van der Waals surface area (Å²) in [6, 6.07) is 9.43. The minimum Gasteiger partial charge on any atom is -0.383 e. The Kier molecular flexibility index (Phi) is 8.04. The number of nitrogens with zero attached hydrogens (tertiary/aromatic N) is 4. The van der Waals surface area contributed by atoms with Gasteiger partial charge in [0.2, 0.25) is 0 Å². The molecule has 2 fully saturated rings. The number of aromatic nitrogens is 1. The first-order valence-corrected chi connectivity index (χ1v) is 13.5. The number of amides is 2. The van der Waals surface area contributed by atoms with Gasteiger partial charge in [0.1, 0.15) is 5.82 Å². The monoisotopic (exact) mass is 510 g/mol. The van der Waals surface area contributed by atoms with Gasteiger partial charge in [-0.3, -0.25) is 0 Å². The van der Waals surface area contributed by atoms with E-state index in [1.807, 2.05) is 37.4 Å². The maximum absolute atomic E-state index is 14.2. The summed E-state index contributed by atoms with van der Waals surface area (Å²) in [6.07, 6.45) is 9.10. The number of ether oxygens (including phenoxy) is 1. The highest BCUT2D eigenvalue weighted by Crippen LogP contribution is 2.39. The summed E-state index contributed by atoms with van der Waals surface area (Å²) in [6.45, 7) is 2.90. The van der Waals surface area contributed by atoms with Gasteiger partial charge in [0.05, 0.1) is 29.3 Å². The van der Waals surface area contributed by atoms with E-state index in [9.17, 15) is 4.79 Å². The van der Waals surface area contributed by atoms with Crippen molar-refractivity contribution in [3.05, 3.63) is 47.1 Å². The maximum atomic E-state index is 14.2. The van der Waals surface area contributed by atoms with Crippen molar-refractivity contribution in [2.24, 2.45) is 11.0 Å². The fourth-order valence-corrected chi connectivity index (χ4v) is 5.51. The summed E-state index contributed by atoms with van der Waals surface area (Å²) in [5, 5.41) is 13.9. The minimum atomic E-state index is -0.195. The SMILES string of the molecule is CNCCNc1ccc(N2C(=O)N(C3CCOCC3)N=C(C3CCCCC3)c3ccc(Cl)cc32)nc1. The van der Waals surface area contributed by atoms with Crippen molar-refractivity contribution in [3.63, 3.8) is 0 Å². The Morgan fingerprint density at radius 1 is 1.06 bits per heavy atom. The predicted octanol–water partition coefficient (Wildman–Crippen LogP) is 5.40. The molecule has 1 saturated heterocycles. The number of rotatable bonds is 7. The average Bonchev–Trinajstić information content (AvgIpc) is 3.04. The van der Waals surface area contributed by atoms with E-state index in [0.29, 0.717) is 30.0 Å². The number of likely N-dealkylation sites (N-methyl/N-ethyl adjacent to an activating group) is 1. The molecule has 0 unspecified atom stereocenters. The quantitative estimate of drug-likeness (QED) is 0.487. The van der Waals surface area contributed by atoms with Gasteiger partial charge in [-0.25, -0.2) is 19.7 Å². The number of hydrogen-bond acceptors (Lipinski definition) is 6. The van der Waals surface area contributed by atoms with E-state index in [1.165, 1.54) is 19.3 Å². The van der Waals surface area contributed by atoms with Gasteiger partial charge in [0.15, 0.2) is 0 Å². The van der Waals surface area contributed by atoms with Crippen LogP contribution in [0.4, 0.5) is 22.0 Å². The molecule has 36 heavy (non-hydrogen) atoms. The van der Waals surface area contributed by atoms with Crippen LogP contribution in [0, 0.1) is 5.92 Å². The molecule has 2 aliphatic heterocycles. The maximum Gasteiger partial charge on any atom is 0.351 e. The largest absolute Gasteiger partial charge is 0.383 e. The van der Waals surface area contributed by atoms with Crippen molar-refractivity contribution in [1.29, 1.82) is 0 Å². The average molecular weight is 511 g/mol. The van der Waals surface area contributed by atoms with Gasteiger partial charge < -0.3 is 15.4 Å². The Balaban J connectivity index is 1.58. The fourth-order valence-electron chi connectivity index (χ4n) is 5.35. The molecule has 5 rings (SSSR count). The molecule has 0 atom stereocenters. The highest BCUT2D eigenvalue weighted by Gasteiger charge is 2.38. The molecule has 1 aromatic heterocycles. The Morgan fingerprint density at radius 2 is 1.86 bits per heavy atom. The molecule has 1 aromatic carbocycles. The van der Waals surface area contributed by atoms with Gasteiger partial charge in [-0.05, 0) is 63.1 Å². The van der Waals surface area contributed by atoms with E-state index >= 15 is 0 Å². The number of pyridine rings is 1. The number of anilines is 3. The molecule has 9 heteroatoms. The first kappa shape index (κ1) is 25.0. The highest BCUT2D eigenvalue weighted by atomic mass is 35.5. The van der Waals surface area contributed by atoms with Gasteiger partial charge in [-0.15, -0.1) is 0 Å². The lowest BCUT2D eigenvalue weighted by molar-refractivity contribution is 0.0480. The van der Waals surface area contributed by atoms with Crippen LogP contribution in [0.2, 0.25) is 5.02 Å². The fraction of sp³-hybridized carbons (Fsp3) is 0.519. The van der Waals surface area contributed by atoms with Crippen LogP contribution in [0.25, 0.3) is 0 Å². The number of hydrazone groups is 1. The molecular formula is C27H35ClN6O2. The van der Waals surface area contributed by atoms with Crippen molar-refractivity contribution < 1.29 is 9.53 Å². The number of nitrogens with one attached hydrogen (secondary N) is 2. The van der Waals surface area contributed by atoms with Gasteiger partial charge >= 0.3 is 6.03 Å². The minimum absolute atomic E-state index is 0.0143. The van der Waals surface area contributed by atoms with Gasteiger partial charge in [-0.1, -0.05) is 30.9 Å². The van der Waals surface area contributed by atoms with Crippen LogP contribution in [0.1, 0.15) is 50.5 Å². The molecular weight excluding hydrogens is 476 g/mol. The van der Waals surface area contributed by atoms with E-state index in [2.05, 4.69) is 10.6 Å². The molecule has 0 bridgehead atoms. The topological polar surface area (TPSA) is 82.1 Å². The first-order chi connectivity index (χ1) is 17.7. The predicted molar refractivity (Wildman–Crippen MR) is 144 cm³/mol. The molecule has 0 spiro atoms. The van der Waals surface area contributed by atoms with E-state index in [0.717, 1.165) is 61.4 Å². The number of carbonyl (C=O) groups excluding carboxylic acids is 1. The third kappa shape index (κ3) is 5.36. The Hall–Kier alpha value is -2.68. The van der Waals surface area contributed by atoms with E-state index in [4.69, 9.17) is 26.4 Å². The summed E-state index contributed by atoms with van der Waals surface area (Å²) < 4.78 is 5.60. The lowest BCUT2D eigenvalue weighted by Gasteiger charge is -2.33. The van der Waals surface area contributed by atoms with Gasteiger partial charge in [0.25, 0.3) is 0 Å². The number of carbonyl (C=O) groups is 1. The molecule has 0 radical (unpaired) electrons. The summed E-state index contributed by atoms with van der Waals surface area (Å²) >= 11 is 6.50. The zero-order chi connectivity index (χ0) is 24.9. The number of halogens is 1. The Morgan fingerprint density at radius 3 is 2.58 bits per heavy atom. The number of benzene rings is 1. The van der Waals surface area contributed by atoms with Gasteiger partial charge in [0, 0.05) is 42.8 Å². The second-order valence-electron chi connectivity index (χ2n) is 9.72. The van der Waals surface area contributed by atoms with Crippen LogP contribution in [-0.2, 0) is 4.74 Å².